The maximum absolute atomic E-state index is 9.61. The number of nitrogens with one attached hydrogen (secondary N) is 2. The second kappa shape index (κ2) is 7.58. The Hall–Kier alpha value is -2.06. The first-order valence-electron chi connectivity index (χ1n) is 3.35. The van der Waals surface area contributed by atoms with Crippen LogP contribution < -0.4 is 5.43 Å². The molecule has 0 saturated carbocycles. The Morgan fingerprint density at radius 3 is 2.14 bits per heavy atom. The summed E-state index contributed by atoms with van der Waals surface area (Å²) in [7, 11) is 1.12. The van der Waals surface area contributed by atoms with E-state index in [4.69, 9.17) is 5.41 Å². The Labute approximate surface area is 79.6 Å². The Morgan fingerprint density at radius 1 is 1.57 bits per heavy atom. The van der Waals surface area contributed by atoms with Crippen molar-refractivity contribution in [2.45, 2.75) is 13.8 Å². The summed E-state index contributed by atoms with van der Waals surface area (Å²) in [6, 6.07) is 0. The van der Waals surface area contributed by atoms with Gasteiger partial charge in [0.25, 0.3) is 5.96 Å². The van der Waals surface area contributed by atoms with E-state index in [1.54, 1.807) is 0 Å². The van der Waals surface area contributed by atoms with Crippen LogP contribution in [-0.4, -0.2) is 28.8 Å². The second-order valence-electron chi connectivity index (χ2n) is 2.23. The number of carbonyl (C=O) groups excluding carboxylic acids is 1. The minimum atomic E-state index is -0.954. The van der Waals surface area contributed by atoms with Gasteiger partial charge in [0.2, 0.25) is 0 Å². The number of nitrogens with zero attached hydrogens (tertiary/aromatic N) is 3. The zero-order valence-corrected chi connectivity index (χ0v) is 7.97. The van der Waals surface area contributed by atoms with Crippen LogP contribution in [0.4, 0.5) is 0 Å². The predicted octanol–water partition coefficient (Wildman–Crippen LogP) is -0.0890. The molecular formula is C5H11N5O4. The fourth-order valence-corrected chi connectivity index (χ4v) is 0.200. The molecule has 0 aromatic carbocycles. The highest BCUT2D eigenvalue weighted by atomic mass is 16.7. The highest BCUT2D eigenvalue weighted by Gasteiger charge is 2.07. The van der Waals surface area contributed by atoms with Gasteiger partial charge in [-0.1, -0.05) is 5.43 Å². The molecule has 0 rings (SSSR count). The predicted molar refractivity (Wildman–Crippen MR) is 47.8 cm³/mol. The van der Waals surface area contributed by atoms with Crippen molar-refractivity contribution in [3.05, 3.63) is 15.0 Å². The van der Waals surface area contributed by atoms with Gasteiger partial charge in [-0.2, -0.15) is 5.01 Å². The molecule has 80 valence electrons. The molecule has 0 heterocycles. The fraction of sp³-hybridized carbons (Fsp3) is 0.600. The van der Waals surface area contributed by atoms with E-state index in [-0.39, 0.29) is 5.78 Å². The number of Topliss-reactive ketones (excluding diaryl/α,β-unsaturated/α-hetero) is 1. The summed E-state index contributed by atoms with van der Waals surface area (Å²) in [6.45, 7) is 3.06. The zero-order chi connectivity index (χ0) is 11.7. The molecule has 0 aromatic rings. The summed E-state index contributed by atoms with van der Waals surface area (Å²) in [5, 5.41) is 18.1. The summed E-state index contributed by atoms with van der Waals surface area (Å²) in [6.07, 6.45) is 0. The molecule has 0 fully saturated rings. The Kier molecular flexibility index (Phi) is 7.83. The molecule has 9 heteroatoms. The number of carbonyl (C=O) groups is 1. The van der Waals surface area contributed by atoms with Crippen molar-refractivity contribution < 1.29 is 9.83 Å². The van der Waals surface area contributed by atoms with E-state index in [2.05, 4.69) is 5.29 Å². The lowest BCUT2D eigenvalue weighted by atomic mass is 10.6. The number of guanidine groups is 1. The lowest BCUT2D eigenvalue weighted by Gasteiger charge is -2.04. The molecule has 0 saturated heterocycles. The number of hydrogen-bond acceptors (Lipinski definition) is 6. The molecule has 2 N–H and O–H groups in total. The Morgan fingerprint density at radius 2 is 1.93 bits per heavy atom. The monoisotopic (exact) mass is 205 g/mol. The largest absolute Gasteiger partial charge is 0.300 e. The van der Waals surface area contributed by atoms with E-state index >= 15 is 0 Å². The number of nitro groups is 1. The van der Waals surface area contributed by atoms with Crippen molar-refractivity contribution in [2.24, 2.45) is 5.29 Å². The SMILES string of the molecule is CC(C)=O.CN(N=O)C(=N)N[N+](=O)[O-]. The molecule has 0 bridgehead atoms. The van der Waals surface area contributed by atoms with Crippen LogP contribution in [0.5, 0.6) is 0 Å². The van der Waals surface area contributed by atoms with Gasteiger partial charge in [-0.25, -0.2) is 10.1 Å². The zero-order valence-electron chi connectivity index (χ0n) is 7.97. The topological polar surface area (TPSA) is 129 Å². The first-order valence-corrected chi connectivity index (χ1v) is 3.35. The molecule has 0 aliphatic rings. The van der Waals surface area contributed by atoms with Gasteiger partial charge in [-0.15, -0.1) is 4.91 Å². The maximum atomic E-state index is 9.61. The van der Waals surface area contributed by atoms with E-state index in [1.165, 1.54) is 19.3 Å². The number of ketones is 1. The van der Waals surface area contributed by atoms with Crippen molar-refractivity contribution in [3.63, 3.8) is 0 Å². The van der Waals surface area contributed by atoms with E-state index in [1.807, 2.05) is 0 Å². The maximum Gasteiger partial charge on any atom is 0.276 e. The van der Waals surface area contributed by atoms with Crippen molar-refractivity contribution in [2.75, 3.05) is 7.05 Å². The van der Waals surface area contributed by atoms with Gasteiger partial charge in [0.1, 0.15) is 5.78 Å². The molecule has 0 spiro atoms. The molecule has 0 aliphatic carbocycles. The lowest BCUT2D eigenvalue weighted by Crippen LogP contribution is -2.38. The van der Waals surface area contributed by atoms with Crippen LogP contribution in [0.25, 0.3) is 0 Å². The van der Waals surface area contributed by atoms with Crippen LogP contribution in [0.1, 0.15) is 13.8 Å². The quantitative estimate of drug-likeness (QED) is 0.213. The van der Waals surface area contributed by atoms with E-state index in [0.29, 0.717) is 5.01 Å². The Balaban J connectivity index is 0. The molecule has 0 unspecified atom stereocenters. The minimum Gasteiger partial charge on any atom is -0.300 e. The summed E-state index contributed by atoms with van der Waals surface area (Å²) in [5.41, 5.74) is 1.43. The van der Waals surface area contributed by atoms with Gasteiger partial charge in [-0.3, -0.25) is 5.41 Å². The molecule has 9 nitrogen and oxygen atoms in total. The van der Waals surface area contributed by atoms with Crippen LogP contribution in [-0.2, 0) is 4.79 Å². The second-order valence-corrected chi connectivity index (χ2v) is 2.23. The lowest BCUT2D eigenvalue weighted by molar-refractivity contribution is -0.526. The fourth-order valence-electron chi connectivity index (χ4n) is 0.200. The van der Waals surface area contributed by atoms with Gasteiger partial charge in [0.05, 0.1) is 5.29 Å². The van der Waals surface area contributed by atoms with E-state index < -0.39 is 11.0 Å². The number of rotatable bonds is 2. The summed E-state index contributed by atoms with van der Waals surface area (Å²) in [4.78, 5) is 28.7. The van der Waals surface area contributed by atoms with Crippen LogP contribution in [0.2, 0.25) is 0 Å². The van der Waals surface area contributed by atoms with Gasteiger partial charge in [0, 0.05) is 7.05 Å². The molecule has 0 atom stereocenters. The average molecular weight is 205 g/mol. The standard InChI is InChI=1S/C3H6O.C2H5N5O3/c1-3(2)4;1-6(5-8)2(3)4-7(9)10/h1-2H3;1H3,(H2,3,4). The average Bonchev–Trinajstić information content (AvgIpc) is 2.00. The van der Waals surface area contributed by atoms with Crippen molar-refractivity contribution in [1.29, 1.82) is 5.41 Å². The van der Waals surface area contributed by atoms with Gasteiger partial charge < -0.3 is 4.79 Å². The smallest absolute Gasteiger partial charge is 0.276 e. The molecular weight excluding hydrogens is 194 g/mol. The van der Waals surface area contributed by atoms with Crippen molar-refractivity contribution in [1.82, 2.24) is 10.4 Å². The number of hydrogen-bond donors (Lipinski definition) is 2. The van der Waals surface area contributed by atoms with Crippen LogP contribution in [0.3, 0.4) is 0 Å². The molecule has 0 aliphatic heterocycles. The highest BCUT2D eigenvalue weighted by molar-refractivity contribution is 5.74. The van der Waals surface area contributed by atoms with E-state index in [9.17, 15) is 19.8 Å². The summed E-state index contributed by atoms with van der Waals surface area (Å²) < 4.78 is 0. The highest BCUT2D eigenvalue weighted by Crippen LogP contribution is 1.79. The first-order chi connectivity index (χ1) is 6.31. The summed E-state index contributed by atoms with van der Waals surface area (Å²) >= 11 is 0. The molecule has 0 amide bonds. The molecule has 0 radical (unpaired) electrons. The van der Waals surface area contributed by atoms with Crippen LogP contribution in [0, 0.1) is 20.4 Å². The number of nitroso groups, excluding NO2 is 1. The third kappa shape index (κ3) is 12.6. The number of hydrazine groups is 1. The van der Waals surface area contributed by atoms with Crippen molar-refractivity contribution >= 4 is 11.7 Å². The van der Waals surface area contributed by atoms with Crippen LogP contribution >= 0.6 is 0 Å². The summed E-state index contributed by atoms with van der Waals surface area (Å²) in [5.74, 6) is -0.514. The third-order valence-corrected chi connectivity index (χ3v) is 0.643. The van der Waals surface area contributed by atoms with E-state index in [0.717, 1.165) is 7.05 Å². The van der Waals surface area contributed by atoms with Gasteiger partial charge in [-0.05, 0) is 13.8 Å². The van der Waals surface area contributed by atoms with Gasteiger partial charge in [0.15, 0.2) is 5.03 Å². The Bertz CT molecular complexity index is 236. The molecule has 0 aromatic heterocycles. The first kappa shape index (κ1) is 14.5. The molecule has 14 heavy (non-hydrogen) atoms. The van der Waals surface area contributed by atoms with Gasteiger partial charge >= 0.3 is 0 Å². The minimum absolute atomic E-state index is 0.167. The van der Waals surface area contributed by atoms with Crippen molar-refractivity contribution in [3.8, 4) is 0 Å². The third-order valence-electron chi connectivity index (χ3n) is 0.643. The van der Waals surface area contributed by atoms with Crippen LogP contribution in [0.15, 0.2) is 5.29 Å². The normalized spacial score (nSPS) is 7.64.